The second-order valence-corrected chi connectivity index (χ2v) is 5.13. The van der Waals surface area contributed by atoms with Gasteiger partial charge in [-0.05, 0) is 31.6 Å². The van der Waals surface area contributed by atoms with E-state index < -0.39 is 0 Å². The molecule has 17 heavy (non-hydrogen) atoms. The number of amides is 1. The van der Waals surface area contributed by atoms with Crippen molar-refractivity contribution < 1.29 is 9.53 Å². The van der Waals surface area contributed by atoms with Gasteiger partial charge in [0.2, 0.25) is 5.91 Å². The summed E-state index contributed by atoms with van der Waals surface area (Å²) in [5, 5.41) is 3.37. The maximum absolute atomic E-state index is 11.9. The van der Waals surface area contributed by atoms with E-state index in [1.54, 1.807) is 0 Å². The minimum atomic E-state index is 0.319. The molecule has 2 fully saturated rings. The summed E-state index contributed by atoms with van der Waals surface area (Å²) in [7, 11) is 0. The lowest BCUT2D eigenvalue weighted by Crippen LogP contribution is -2.37. The Hall–Kier alpha value is -0.610. The van der Waals surface area contributed by atoms with Gasteiger partial charge in [0.05, 0.1) is 6.61 Å². The fourth-order valence-electron chi connectivity index (χ4n) is 2.55. The van der Waals surface area contributed by atoms with Crippen molar-refractivity contribution in [2.45, 2.75) is 32.1 Å². The van der Waals surface area contributed by atoms with Gasteiger partial charge in [-0.15, -0.1) is 0 Å². The van der Waals surface area contributed by atoms with Gasteiger partial charge in [-0.2, -0.15) is 0 Å². The molecular formula is C13H24N2O2. The van der Waals surface area contributed by atoms with Crippen LogP contribution in [-0.4, -0.2) is 50.2 Å². The highest BCUT2D eigenvalue weighted by Gasteiger charge is 2.17. The molecule has 4 nitrogen and oxygen atoms in total. The standard InChI is InChI=1S/C13H24N2O2/c16-13(15-7-2-1-3-8-15)4-6-14-10-12-5-9-17-11-12/h12,14H,1-11H2. The average Bonchev–Trinajstić information content (AvgIpc) is 2.88. The molecule has 0 saturated carbocycles. The minimum Gasteiger partial charge on any atom is -0.381 e. The van der Waals surface area contributed by atoms with Crippen LogP contribution in [0.15, 0.2) is 0 Å². The monoisotopic (exact) mass is 240 g/mol. The summed E-state index contributed by atoms with van der Waals surface area (Å²) in [5.41, 5.74) is 0. The molecule has 0 aliphatic carbocycles. The third kappa shape index (κ3) is 4.28. The number of hydrogen-bond acceptors (Lipinski definition) is 3. The quantitative estimate of drug-likeness (QED) is 0.729. The first-order valence-electron chi connectivity index (χ1n) is 6.92. The lowest BCUT2D eigenvalue weighted by molar-refractivity contribution is -0.131. The fourth-order valence-corrected chi connectivity index (χ4v) is 2.55. The number of ether oxygens (including phenoxy) is 1. The molecule has 98 valence electrons. The van der Waals surface area contributed by atoms with Crippen molar-refractivity contribution in [3.05, 3.63) is 0 Å². The maximum atomic E-state index is 11.9. The fraction of sp³-hybridized carbons (Fsp3) is 0.923. The summed E-state index contributed by atoms with van der Waals surface area (Å²) >= 11 is 0. The van der Waals surface area contributed by atoms with Crippen LogP contribution in [0.1, 0.15) is 32.1 Å². The third-order valence-corrected chi connectivity index (χ3v) is 3.68. The second kappa shape index (κ2) is 6.97. The number of carbonyl (C=O) groups excluding carboxylic acids is 1. The molecule has 2 rings (SSSR count). The predicted octanol–water partition coefficient (Wildman–Crippen LogP) is 1.02. The Morgan fingerprint density at radius 3 is 2.82 bits per heavy atom. The van der Waals surface area contributed by atoms with Crippen LogP contribution in [0.5, 0.6) is 0 Å². The van der Waals surface area contributed by atoms with Crippen LogP contribution in [0.2, 0.25) is 0 Å². The molecule has 0 bridgehead atoms. The first-order valence-corrected chi connectivity index (χ1v) is 6.92. The normalized spacial score (nSPS) is 25.2. The summed E-state index contributed by atoms with van der Waals surface area (Å²) in [6, 6.07) is 0. The van der Waals surface area contributed by atoms with Crippen molar-refractivity contribution in [2.24, 2.45) is 5.92 Å². The number of rotatable bonds is 5. The number of hydrogen-bond donors (Lipinski definition) is 1. The molecule has 4 heteroatoms. The van der Waals surface area contributed by atoms with Crippen LogP contribution < -0.4 is 5.32 Å². The van der Waals surface area contributed by atoms with Gasteiger partial charge in [-0.3, -0.25) is 4.79 Å². The van der Waals surface area contributed by atoms with Crippen LogP contribution in [0.3, 0.4) is 0 Å². The lowest BCUT2D eigenvalue weighted by Gasteiger charge is -2.26. The zero-order chi connectivity index (χ0) is 11.9. The molecule has 1 N–H and O–H groups in total. The molecule has 0 spiro atoms. The highest BCUT2D eigenvalue weighted by atomic mass is 16.5. The van der Waals surface area contributed by atoms with Gasteiger partial charge >= 0.3 is 0 Å². The largest absolute Gasteiger partial charge is 0.381 e. The van der Waals surface area contributed by atoms with Crippen LogP contribution in [0.4, 0.5) is 0 Å². The molecule has 2 aliphatic rings. The van der Waals surface area contributed by atoms with Crippen molar-refractivity contribution in [2.75, 3.05) is 39.4 Å². The SMILES string of the molecule is O=C(CCNCC1CCOC1)N1CCCCC1. The molecule has 1 unspecified atom stereocenters. The molecule has 0 aromatic carbocycles. The van der Waals surface area contributed by atoms with Crippen molar-refractivity contribution >= 4 is 5.91 Å². The lowest BCUT2D eigenvalue weighted by atomic mass is 10.1. The maximum Gasteiger partial charge on any atom is 0.223 e. The summed E-state index contributed by atoms with van der Waals surface area (Å²) < 4.78 is 5.32. The molecule has 2 saturated heterocycles. The highest BCUT2D eigenvalue weighted by molar-refractivity contribution is 5.76. The first-order chi connectivity index (χ1) is 8.36. The molecule has 0 aromatic rings. The Morgan fingerprint density at radius 1 is 1.29 bits per heavy atom. The number of nitrogens with zero attached hydrogens (tertiary/aromatic N) is 1. The van der Waals surface area contributed by atoms with E-state index >= 15 is 0 Å². The van der Waals surface area contributed by atoms with Crippen LogP contribution >= 0.6 is 0 Å². The van der Waals surface area contributed by atoms with Gasteiger partial charge in [-0.1, -0.05) is 0 Å². The zero-order valence-electron chi connectivity index (χ0n) is 10.6. The van der Waals surface area contributed by atoms with Crippen molar-refractivity contribution in [3.8, 4) is 0 Å². The van der Waals surface area contributed by atoms with Crippen molar-refractivity contribution in [1.82, 2.24) is 10.2 Å². The van der Waals surface area contributed by atoms with Crippen molar-refractivity contribution in [3.63, 3.8) is 0 Å². The number of nitrogens with one attached hydrogen (secondary N) is 1. The summed E-state index contributed by atoms with van der Waals surface area (Å²) in [4.78, 5) is 13.9. The predicted molar refractivity (Wildman–Crippen MR) is 66.8 cm³/mol. The van der Waals surface area contributed by atoms with Crippen molar-refractivity contribution in [1.29, 1.82) is 0 Å². The Labute approximate surface area is 104 Å². The number of likely N-dealkylation sites (tertiary alicyclic amines) is 1. The Bertz CT molecular complexity index is 234. The Morgan fingerprint density at radius 2 is 2.12 bits per heavy atom. The van der Waals surface area contributed by atoms with E-state index in [-0.39, 0.29) is 0 Å². The van der Waals surface area contributed by atoms with Gasteiger partial charge in [0.25, 0.3) is 0 Å². The summed E-state index contributed by atoms with van der Waals surface area (Å²) in [6.07, 6.45) is 5.45. The first kappa shape index (κ1) is 12.8. The topological polar surface area (TPSA) is 41.6 Å². The molecule has 1 amide bonds. The third-order valence-electron chi connectivity index (χ3n) is 3.68. The molecule has 0 aromatic heterocycles. The summed E-state index contributed by atoms with van der Waals surface area (Å²) in [6.45, 7) is 5.52. The van der Waals surface area contributed by atoms with Crippen LogP contribution in [-0.2, 0) is 9.53 Å². The number of carbonyl (C=O) groups is 1. The van der Waals surface area contributed by atoms with Crippen LogP contribution in [0, 0.1) is 5.92 Å². The molecule has 0 radical (unpaired) electrons. The molecule has 2 heterocycles. The highest BCUT2D eigenvalue weighted by Crippen LogP contribution is 2.11. The Balaban J connectivity index is 1.53. The van der Waals surface area contributed by atoms with E-state index in [0.29, 0.717) is 18.2 Å². The van der Waals surface area contributed by atoms with Gasteiger partial charge in [0.1, 0.15) is 0 Å². The summed E-state index contributed by atoms with van der Waals surface area (Å²) in [5.74, 6) is 0.972. The minimum absolute atomic E-state index is 0.319. The van der Waals surface area contributed by atoms with E-state index in [1.807, 2.05) is 4.90 Å². The zero-order valence-corrected chi connectivity index (χ0v) is 10.6. The van der Waals surface area contributed by atoms with Crippen LogP contribution in [0.25, 0.3) is 0 Å². The van der Waals surface area contributed by atoms with E-state index in [0.717, 1.165) is 45.8 Å². The second-order valence-electron chi connectivity index (χ2n) is 5.13. The van der Waals surface area contributed by atoms with E-state index in [9.17, 15) is 4.79 Å². The van der Waals surface area contributed by atoms with Gasteiger partial charge < -0.3 is 15.0 Å². The number of piperidine rings is 1. The Kier molecular flexibility index (Phi) is 5.26. The molecule has 1 atom stereocenters. The van der Waals surface area contributed by atoms with E-state index in [1.165, 1.54) is 19.3 Å². The van der Waals surface area contributed by atoms with Gasteiger partial charge in [0.15, 0.2) is 0 Å². The molecular weight excluding hydrogens is 216 g/mol. The smallest absolute Gasteiger partial charge is 0.223 e. The molecule has 2 aliphatic heterocycles. The van der Waals surface area contributed by atoms with Gasteiger partial charge in [0, 0.05) is 39.2 Å². The van der Waals surface area contributed by atoms with E-state index in [4.69, 9.17) is 4.74 Å². The van der Waals surface area contributed by atoms with E-state index in [2.05, 4.69) is 5.32 Å². The van der Waals surface area contributed by atoms with Gasteiger partial charge in [-0.25, -0.2) is 0 Å². The average molecular weight is 240 g/mol.